The summed E-state index contributed by atoms with van der Waals surface area (Å²) in [4.78, 5) is 14.0. The van der Waals surface area contributed by atoms with Gasteiger partial charge in [-0.3, -0.25) is 4.79 Å². The second-order valence-electron chi connectivity index (χ2n) is 4.46. The van der Waals surface area contributed by atoms with Gasteiger partial charge in [-0.1, -0.05) is 0 Å². The second-order valence-corrected chi connectivity index (χ2v) is 5.38. The maximum absolute atomic E-state index is 13.7. The average molecular weight is 296 g/mol. The Kier molecular flexibility index (Phi) is 4.04. The van der Waals surface area contributed by atoms with E-state index in [-0.39, 0.29) is 11.5 Å². The summed E-state index contributed by atoms with van der Waals surface area (Å²) >= 11 is 1.22. The summed E-state index contributed by atoms with van der Waals surface area (Å²) in [6, 6.07) is 4.24. The van der Waals surface area contributed by atoms with Gasteiger partial charge in [-0.05, 0) is 36.6 Å². The molecule has 2 N–H and O–H groups in total. The summed E-state index contributed by atoms with van der Waals surface area (Å²) in [5, 5.41) is 1.71. The van der Waals surface area contributed by atoms with E-state index < -0.39 is 17.7 Å². The maximum Gasteiger partial charge on any atom is 0.266 e. The van der Waals surface area contributed by atoms with Crippen LogP contribution in [0.2, 0.25) is 0 Å². The van der Waals surface area contributed by atoms with E-state index in [1.54, 1.807) is 18.4 Å². The minimum atomic E-state index is -0.598. The van der Waals surface area contributed by atoms with Crippen molar-refractivity contribution in [2.45, 2.75) is 13.0 Å². The fraction of sp³-hybridized carbons (Fsp3) is 0.214. The monoisotopic (exact) mass is 296 g/mol. The van der Waals surface area contributed by atoms with Crippen LogP contribution >= 0.6 is 11.3 Å². The van der Waals surface area contributed by atoms with Crippen LogP contribution < -0.4 is 5.73 Å². The van der Waals surface area contributed by atoms with E-state index in [2.05, 4.69) is 0 Å². The molecular formula is C14H14F2N2OS. The number of anilines is 1. The van der Waals surface area contributed by atoms with Crippen molar-refractivity contribution in [2.24, 2.45) is 0 Å². The van der Waals surface area contributed by atoms with Crippen molar-refractivity contribution in [1.82, 2.24) is 4.90 Å². The molecular weight excluding hydrogens is 282 g/mol. The molecule has 0 aliphatic heterocycles. The lowest BCUT2D eigenvalue weighted by atomic mass is 10.1. The molecule has 2 aromatic rings. The van der Waals surface area contributed by atoms with Crippen LogP contribution in [0, 0.1) is 11.6 Å². The third-order valence-corrected chi connectivity index (χ3v) is 4.12. The zero-order chi connectivity index (χ0) is 14.9. The zero-order valence-corrected chi connectivity index (χ0v) is 11.9. The predicted molar refractivity (Wildman–Crippen MR) is 75.6 cm³/mol. The first kappa shape index (κ1) is 14.5. The van der Waals surface area contributed by atoms with Gasteiger partial charge >= 0.3 is 0 Å². The van der Waals surface area contributed by atoms with Gasteiger partial charge in [-0.2, -0.15) is 0 Å². The molecule has 0 radical (unpaired) electrons. The van der Waals surface area contributed by atoms with Crippen LogP contribution in [-0.4, -0.2) is 17.9 Å². The van der Waals surface area contributed by atoms with Crippen LogP contribution in [0.1, 0.15) is 28.2 Å². The van der Waals surface area contributed by atoms with E-state index >= 15 is 0 Å². The number of carbonyl (C=O) groups is 1. The van der Waals surface area contributed by atoms with Crippen LogP contribution in [0.5, 0.6) is 0 Å². The highest BCUT2D eigenvalue weighted by atomic mass is 32.1. The number of halogens is 2. The Morgan fingerprint density at radius 1 is 1.35 bits per heavy atom. The summed E-state index contributed by atoms with van der Waals surface area (Å²) in [6.45, 7) is 1.64. The fourth-order valence-corrected chi connectivity index (χ4v) is 2.67. The molecule has 6 heteroatoms. The number of hydrogen-bond acceptors (Lipinski definition) is 3. The summed E-state index contributed by atoms with van der Waals surface area (Å²) in [5.41, 5.74) is 6.22. The van der Waals surface area contributed by atoms with Crippen LogP contribution in [0.15, 0.2) is 29.6 Å². The number of nitrogens with zero attached hydrogens (tertiary/aromatic N) is 1. The van der Waals surface area contributed by atoms with E-state index in [0.717, 1.165) is 18.2 Å². The second kappa shape index (κ2) is 5.58. The summed E-state index contributed by atoms with van der Waals surface area (Å²) < 4.78 is 27.0. The Bertz CT molecular complexity index is 642. The molecule has 2 rings (SSSR count). The minimum absolute atomic E-state index is 0.135. The average Bonchev–Trinajstić information content (AvgIpc) is 2.85. The van der Waals surface area contributed by atoms with Gasteiger partial charge in [-0.15, -0.1) is 11.3 Å². The van der Waals surface area contributed by atoms with Crippen molar-refractivity contribution < 1.29 is 13.6 Å². The standard InChI is InChI=1S/C14H14F2N2OS/c1-8(10-7-9(15)3-4-11(10)16)18(2)14(19)13-12(17)5-6-20-13/h3-8H,17H2,1-2H3. The number of nitrogens with two attached hydrogens (primary N) is 1. The molecule has 1 atom stereocenters. The third kappa shape index (κ3) is 2.65. The van der Waals surface area contributed by atoms with Crippen LogP contribution in [-0.2, 0) is 0 Å². The van der Waals surface area contributed by atoms with Gasteiger partial charge in [0.2, 0.25) is 0 Å². The van der Waals surface area contributed by atoms with Crippen molar-refractivity contribution in [3.8, 4) is 0 Å². The number of hydrogen-bond donors (Lipinski definition) is 1. The maximum atomic E-state index is 13.7. The molecule has 0 aliphatic rings. The molecule has 106 valence electrons. The number of benzene rings is 1. The normalized spacial score (nSPS) is 12.2. The molecule has 20 heavy (non-hydrogen) atoms. The Labute approximate surface area is 119 Å². The molecule has 1 aromatic carbocycles. The Morgan fingerprint density at radius 3 is 2.65 bits per heavy atom. The summed E-state index contributed by atoms with van der Waals surface area (Å²) in [7, 11) is 1.54. The molecule has 1 aromatic heterocycles. The lowest BCUT2D eigenvalue weighted by Crippen LogP contribution is -2.30. The molecule has 1 amide bonds. The van der Waals surface area contributed by atoms with Crippen LogP contribution in [0.4, 0.5) is 14.5 Å². The highest BCUT2D eigenvalue weighted by Crippen LogP contribution is 2.27. The Hall–Kier alpha value is -1.95. The third-order valence-electron chi connectivity index (χ3n) is 3.20. The highest BCUT2D eigenvalue weighted by Gasteiger charge is 2.23. The van der Waals surface area contributed by atoms with Gasteiger partial charge in [0.1, 0.15) is 16.5 Å². The first-order valence-corrected chi connectivity index (χ1v) is 6.85. The van der Waals surface area contributed by atoms with Crippen molar-refractivity contribution in [3.05, 3.63) is 51.7 Å². The van der Waals surface area contributed by atoms with Crippen molar-refractivity contribution in [2.75, 3.05) is 12.8 Å². The number of amides is 1. The number of nitrogen functional groups attached to an aromatic ring is 1. The SMILES string of the molecule is CC(c1cc(F)ccc1F)N(C)C(=O)c1sccc1N. The molecule has 0 saturated heterocycles. The predicted octanol–water partition coefficient (Wildman–Crippen LogP) is 3.44. The first-order chi connectivity index (χ1) is 9.41. The largest absolute Gasteiger partial charge is 0.397 e. The number of rotatable bonds is 3. The molecule has 0 fully saturated rings. The zero-order valence-electron chi connectivity index (χ0n) is 11.1. The van der Waals surface area contributed by atoms with E-state index in [1.165, 1.54) is 23.3 Å². The molecule has 0 bridgehead atoms. The van der Waals surface area contributed by atoms with Crippen LogP contribution in [0.3, 0.4) is 0 Å². The Balaban J connectivity index is 2.29. The van der Waals surface area contributed by atoms with E-state index in [9.17, 15) is 13.6 Å². The van der Waals surface area contributed by atoms with E-state index in [4.69, 9.17) is 5.73 Å². The summed E-state index contributed by atoms with van der Waals surface area (Å²) in [5.74, 6) is -1.39. The van der Waals surface area contributed by atoms with Crippen molar-refractivity contribution >= 4 is 22.9 Å². The van der Waals surface area contributed by atoms with Gasteiger partial charge < -0.3 is 10.6 Å². The van der Waals surface area contributed by atoms with Gasteiger partial charge in [0.15, 0.2) is 0 Å². The van der Waals surface area contributed by atoms with E-state index in [0.29, 0.717) is 10.6 Å². The molecule has 0 aliphatic carbocycles. The molecule has 3 nitrogen and oxygen atoms in total. The lowest BCUT2D eigenvalue weighted by Gasteiger charge is -2.25. The Morgan fingerprint density at radius 2 is 2.05 bits per heavy atom. The minimum Gasteiger partial charge on any atom is -0.397 e. The van der Waals surface area contributed by atoms with Gasteiger partial charge in [0.05, 0.1) is 11.7 Å². The molecule has 0 spiro atoms. The number of thiophene rings is 1. The quantitative estimate of drug-likeness (QED) is 0.943. The van der Waals surface area contributed by atoms with Crippen molar-refractivity contribution in [3.63, 3.8) is 0 Å². The lowest BCUT2D eigenvalue weighted by molar-refractivity contribution is 0.0746. The van der Waals surface area contributed by atoms with Crippen LogP contribution in [0.25, 0.3) is 0 Å². The van der Waals surface area contributed by atoms with Gasteiger partial charge in [-0.25, -0.2) is 8.78 Å². The topological polar surface area (TPSA) is 46.3 Å². The van der Waals surface area contributed by atoms with Crippen molar-refractivity contribution in [1.29, 1.82) is 0 Å². The molecule has 1 unspecified atom stereocenters. The fourth-order valence-electron chi connectivity index (χ4n) is 1.87. The van der Waals surface area contributed by atoms with Gasteiger partial charge in [0, 0.05) is 12.6 Å². The number of carbonyl (C=O) groups excluding carboxylic acids is 1. The van der Waals surface area contributed by atoms with Gasteiger partial charge in [0.25, 0.3) is 5.91 Å². The van der Waals surface area contributed by atoms with E-state index in [1.807, 2.05) is 0 Å². The smallest absolute Gasteiger partial charge is 0.266 e. The first-order valence-electron chi connectivity index (χ1n) is 5.97. The molecule has 0 saturated carbocycles. The molecule has 1 heterocycles. The highest BCUT2D eigenvalue weighted by molar-refractivity contribution is 7.12. The summed E-state index contributed by atoms with van der Waals surface area (Å²) in [6.07, 6.45) is 0.